The van der Waals surface area contributed by atoms with Gasteiger partial charge in [0.05, 0.1) is 17.5 Å². The van der Waals surface area contributed by atoms with Crippen LogP contribution >= 0.6 is 0 Å². The number of benzene rings is 1. The Morgan fingerprint density at radius 1 is 1.30 bits per heavy atom. The first-order valence-corrected chi connectivity index (χ1v) is 6.46. The van der Waals surface area contributed by atoms with Crippen molar-refractivity contribution in [2.75, 3.05) is 13.1 Å². The van der Waals surface area contributed by atoms with E-state index in [9.17, 15) is 18.0 Å². The number of carbonyl (C=O) groups excluding carboxylic acids is 1. The van der Waals surface area contributed by atoms with Crippen molar-refractivity contribution in [1.82, 2.24) is 4.90 Å². The van der Waals surface area contributed by atoms with Crippen LogP contribution in [0.1, 0.15) is 24.5 Å². The van der Waals surface area contributed by atoms with Gasteiger partial charge in [0.1, 0.15) is 0 Å². The Morgan fingerprint density at radius 3 is 2.30 bits per heavy atom. The van der Waals surface area contributed by atoms with E-state index in [1.54, 1.807) is 4.90 Å². The lowest BCUT2D eigenvalue weighted by atomic mass is 9.88. The minimum Gasteiger partial charge on any atom is -0.339 e. The summed E-state index contributed by atoms with van der Waals surface area (Å²) >= 11 is 0. The fraction of sp³-hybridized carbons (Fsp3) is 0.500. The molecule has 1 aliphatic heterocycles. The van der Waals surface area contributed by atoms with Crippen LogP contribution in [-0.2, 0) is 17.4 Å². The number of likely N-dealkylation sites (tertiary alicyclic amines) is 1. The predicted molar refractivity (Wildman–Crippen MR) is 68.9 cm³/mol. The van der Waals surface area contributed by atoms with Gasteiger partial charge in [0.15, 0.2) is 0 Å². The summed E-state index contributed by atoms with van der Waals surface area (Å²) in [5, 5.41) is 0. The Kier molecular flexibility index (Phi) is 3.77. The summed E-state index contributed by atoms with van der Waals surface area (Å²) in [7, 11) is 0. The quantitative estimate of drug-likeness (QED) is 0.926. The second kappa shape index (κ2) is 5.09. The molecule has 0 spiro atoms. The zero-order chi connectivity index (χ0) is 15.0. The molecule has 2 N–H and O–H groups in total. The van der Waals surface area contributed by atoms with Gasteiger partial charge in [0.25, 0.3) is 0 Å². The van der Waals surface area contributed by atoms with Gasteiger partial charge in [-0.15, -0.1) is 0 Å². The van der Waals surface area contributed by atoms with Gasteiger partial charge in [-0.25, -0.2) is 0 Å². The summed E-state index contributed by atoms with van der Waals surface area (Å²) in [5.41, 5.74) is 5.55. The molecule has 1 heterocycles. The number of alkyl halides is 3. The molecule has 0 radical (unpaired) electrons. The van der Waals surface area contributed by atoms with Crippen molar-refractivity contribution >= 4 is 5.91 Å². The predicted octanol–water partition coefficient (Wildman–Crippen LogP) is 2.20. The van der Waals surface area contributed by atoms with Crippen LogP contribution in [0.5, 0.6) is 0 Å². The molecule has 1 amide bonds. The van der Waals surface area contributed by atoms with E-state index in [2.05, 4.69) is 0 Å². The van der Waals surface area contributed by atoms with E-state index >= 15 is 0 Å². The number of halogens is 3. The number of nitrogens with two attached hydrogens (primary N) is 1. The molecule has 2 rings (SSSR count). The van der Waals surface area contributed by atoms with Gasteiger partial charge in [0.2, 0.25) is 5.91 Å². The molecule has 0 aliphatic carbocycles. The smallest absolute Gasteiger partial charge is 0.339 e. The molecular weight excluding hydrogens is 269 g/mol. The first-order chi connectivity index (χ1) is 9.23. The summed E-state index contributed by atoms with van der Waals surface area (Å²) in [6.07, 6.45) is -3.44. The van der Waals surface area contributed by atoms with E-state index in [0.717, 1.165) is 18.6 Å². The number of hydrogen-bond donors (Lipinski definition) is 1. The lowest BCUT2D eigenvalue weighted by molar-refractivity contribution is -0.138. The van der Waals surface area contributed by atoms with Crippen molar-refractivity contribution in [3.63, 3.8) is 0 Å². The molecule has 0 atom stereocenters. The number of rotatable bonds is 3. The molecule has 110 valence electrons. The average molecular weight is 286 g/mol. The standard InChI is InChI=1S/C14H17F3N2O/c1-2-13(18)8-19(9-13)12(20)7-10-3-5-11(6-4-10)14(15,16)17/h3-6H,2,7-9,18H2,1H3. The first kappa shape index (κ1) is 14.8. The topological polar surface area (TPSA) is 46.3 Å². The Balaban J connectivity index is 1.93. The SMILES string of the molecule is CCC1(N)CN(C(=O)Cc2ccc(C(F)(F)F)cc2)C1. The number of nitrogens with zero attached hydrogens (tertiary/aromatic N) is 1. The molecule has 1 fully saturated rings. The molecule has 0 saturated carbocycles. The summed E-state index contributed by atoms with van der Waals surface area (Å²) in [4.78, 5) is 13.6. The van der Waals surface area contributed by atoms with Crippen molar-refractivity contribution in [3.8, 4) is 0 Å². The van der Waals surface area contributed by atoms with Crippen molar-refractivity contribution in [2.45, 2.75) is 31.5 Å². The highest BCUT2D eigenvalue weighted by Crippen LogP contribution is 2.29. The van der Waals surface area contributed by atoms with Gasteiger partial charge < -0.3 is 10.6 Å². The maximum Gasteiger partial charge on any atom is 0.416 e. The van der Waals surface area contributed by atoms with E-state index < -0.39 is 11.7 Å². The zero-order valence-electron chi connectivity index (χ0n) is 11.2. The van der Waals surface area contributed by atoms with Gasteiger partial charge in [-0.2, -0.15) is 13.2 Å². The highest BCUT2D eigenvalue weighted by molar-refractivity contribution is 5.80. The molecule has 3 nitrogen and oxygen atoms in total. The van der Waals surface area contributed by atoms with E-state index in [1.807, 2.05) is 6.92 Å². The van der Waals surface area contributed by atoms with Gasteiger partial charge >= 0.3 is 6.18 Å². The van der Waals surface area contributed by atoms with Crippen molar-refractivity contribution in [3.05, 3.63) is 35.4 Å². The molecule has 1 aromatic rings. The van der Waals surface area contributed by atoms with Gasteiger partial charge in [-0.3, -0.25) is 4.79 Å². The molecule has 0 unspecified atom stereocenters. The van der Waals surface area contributed by atoms with Crippen molar-refractivity contribution < 1.29 is 18.0 Å². The summed E-state index contributed by atoms with van der Waals surface area (Å²) < 4.78 is 37.2. The lowest BCUT2D eigenvalue weighted by Crippen LogP contribution is -2.68. The maximum atomic E-state index is 12.4. The minimum absolute atomic E-state index is 0.0979. The summed E-state index contributed by atoms with van der Waals surface area (Å²) in [5.74, 6) is -0.0979. The molecule has 20 heavy (non-hydrogen) atoms. The van der Waals surface area contributed by atoms with E-state index in [1.165, 1.54) is 12.1 Å². The highest BCUT2D eigenvalue weighted by atomic mass is 19.4. The minimum atomic E-state index is -4.35. The number of hydrogen-bond acceptors (Lipinski definition) is 2. The Bertz CT molecular complexity index is 490. The van der Waals surface area contributed by atoms with Crippen LogP contribution in [0.15, 0.2) is 24.3 Å². The van der Waals surface area contributed by atoms with Crippen molar-refractivity contribution in [1.29, 1.82) is 0 Å². The molecule has 0 bridgehead atoms. The average Bonchev–Trinajstić information content (AvgIpc) is 2.34. The summed E-state index contributed by atoms with van der Waals surface area (Å²) in [6, 6.07) is 4.68. The van der Waals surface area contributed by atoms with Gasteiger partial charge in [-0.05, 0) is 24.1 Å². The summed E-state index contributed by atoms with van der Waals surface area (Å²) in [6.45, 7) is 3.00. The molecule has 0 aromatic heterocycles. The van der Waals surface area contributed by atoms with Crippen LogP contribution in [0.2, 0.25) is 0 Å². The molecule has 6 heteroatoms. The Hall–Kier alpha value is -1.56. The molecule has 1 aliphatic rings. The second-order valence-electron chi connectivity index (χ2n) is 5.34. The van der Waals surface area contributed by atoms with Gasteiger partial charge in [-0.1, -0.05) is 19.1 Å². The number of amides is 1. The Morgan fingerprint density at radius 2 is 1.85 bits per heavy atom. The molecule has 1 saturated heterocycles. The van der Waals surface area contributed by atoms with Crippen LogP contribution in [0, 0.1) is 0 Å². The third-order valence-electron chi connectivity index (χ3n) is 3.70. The Labute approximate surface area is 115 Å². The van der Waals surface area contributed by atoms with Crippen LogP contribution in [0.25, 0.3) is 0 Å². The normalized spacial score (nSPS) is 17.8. The molecule has 1 aromatic carbocycles. The van der Waals surface area contributed by atoms with Crippen LogP contribution in [0.3, 0.4) is 0 Å². The fourth-order valence-electron chi connectivity index (χ4n) is 2.21. The molecular formula is C14H17F3N2O. The van der Waals surface area contributed by atoms with Gasteiger partial charge in [0, 0.05) is 13.1 Å². The van der Waals surface area contributed by atoms with Crippen LogP contribution in [0.4, 0.5) is 13.2 Å². The fourth-order valence-corrected chi connectivity index (χ4v) is 2.21. The second-order valence-corrected chi connectivity index (χ2v) is 5.34. The zero-order valence-corrected chi connectivity index (χ0v) is 11.2. The van der Waals surface area contributed by atoms with E-state index in [4.69, 9.17) is 5.73 Å². The first-order valence-electron chi connectivity index (χ1n) is 6.46. The van der Waals surface area contributed by atoms with E-state index in [0.29, 0.717) is 18.7 Å². The third-order valence-corrected chi connectivity index (χ3v) is 3.70. The van der Waals surface area contributed by atoms with Crippen molar-refractivity contribution in [2.24, 2.45) is 5.73 Å². The van der Waals surface area contributed by atoms with Crippen LogP contribution < -0.4 is 5.73 Å². The maximum absolute atomic E-state index is 12.4. The van der Waals surface area contributed by atoms with Crippen LogP contribution in [-0.4, -0.2) is 29.4 Å². The number of carbonyl (C=O) groups is 1. The highest BCUT2D eigenvalue weighted by Gasteiger charge is 2.40. The van der Waals surface area contributed by atoms with E-state index in [-0.39, 0.29) is 17.9 Å². The largest absolute Gasteiger partial charge is 0.416 e. The monoisotopic (exact) mass is 286 g/mol. The third kappa shape index (κ3) is 3.12. The lowest BCUT2D eigenvalue weighted by Gasteiger charge is -2.47.